The van der Waals surface area contributed by atoms with E-state index in [1.54, 1.807) is 24.3 Å². The first-order valence-corrected chi connectivity index (χ1v) is 9.22. The van der Waals surface area contributed by atoms with Gasteiger partial charge in [-0.15, -0.1) is 0 Å². The van der Waals surface area contributed by atoms with Crippen molar-refractivity contribution in [3.63, 3.8) is 0 Å². The summed E-state index contributed by atoms with van der Waals surface area (Å²) >= 11 is 4.87. The molecule has 4 nitrogen and oxygen atoms in total. The molecule has 1 aliphatic heterocycles. The van der Waals surface area contributed by atoms with Crippen molar-refractivity contribution in [2.45, 2.75) is 31.2 Å². The maximum Gasteiger partial charge on any atom is 0.179 e. The highest BCUT2D eigenvalue weighted by atomic mass is 32.2. The predicted octanol–water partition coefficient (Wildman–Crippen LogP) is 1.82. The first-order valence-electron chi connectivity index (χ1n) is 7.16. The Hall–Kier alpha value is -0.980. The van der Waals surface area contributed by atoms with Crippen LogP contribution in [0.5, 0.6) is 0 Å². The van der Waals surface area contributed by atoms with Crippen LogP contribution in [0.25, 0.3) is 0 Å². The molecular formula is C15H22N2O2S2. The molecule has 21 heavy (non-hydrogen) atoms. The Kier molecular flexibility index (Phi) is 5.01. The molecule has 2 N–H and O–H groups in total. The molecule has 1 fully saturated rings. The number of nitrogens with two attached hydrogens (primary N) is 1. The third kappa shape index (κ3) is 4.02. The van der Waals surface area contributed by atoms with E-state index in [9.17, 15) is 8.42 Å². The van der Waals surface area contributed by atoms with Gasteiger partial charge in [-0.25, -0.2) is 8.42 Å². The van der Waals surface area contributed by atoms with Gasteiger partial charge in [0, 0.05) is 24.7 Å². The van der Waals surface area contributed by atoms with Gasteiger partial charge in [-0.05, 0) is 31.4 Å². The third-order valence-corrected chi connectivity index (χ3v) is 6.00. The van der Waals surface area contributed by atoms with Crippen LogP contribution in [0, 0.1) is 5.92 Å². The quantitative estimate of drug-likeness (QED) is 0.836. The molecule has 1 aliphatic rings. The molecule has 0 bridgehead atoms. The van der Waals surface area contributed by atoms with Crippen molar-refractivity contribution >= 4 is 27.0 Å². The smallest absolute Gasteiger partial charge is 0.179 e. The lowest BCUT2D eigenvalue weighted by Gasteiger charge is -2.20. The van der Waals surface area contributed by atoms with Gasteiger partial charge in [-0.1, -0.05) is 31.3 Å². The predicted molar refractivity (Wildman–Crippen MR) is 89.2 cm³/mol. The van der Waals surface area contributed by atoms with Gasteiger partial charge in [0.15, 0.2) is 9.84 Å². The fourth-order valence-electron chi connectivity index (χ4n) is 2.88. The zero-order valence-corrected chi connectivity index (χ0v) is 14.1. The number of hydrogen-bond acceptors (Lipinski definition) is 4. The minimum atomic E-state index is -3.26. The number of rotatable bonds is 5. The minimum Gasteiger partial charge on any atom is -0.389 e. The Bertz CT molecular complexity index is 611. The molecule has 2 unspecified atom stereocenters. The average Bonchev–Trinajstić information content (AvgIpc) is 2.75. The summed E-state index contributed by atoms with van der Waals surface area (Å²) in [4.78, 5) is 2.87. The van der Waals surface area contributed by atoms with Crippen LogP contribution in [0.3, 0.4) is 0 Å². The van der Waals surface area contributed by atoms with Crippen LogP contribution < -0.4 is 5.73 Å². The lowest BCUT2D eigenvalue weighted by atomic mass is 10.1. The lowest BCUT2D eigenvalue weighted by molar-refractivity contribution is 0.281. The van der Waals surface area contributed by atoms with Crippen LogP contribution in [0.4, 0.5) is 0 Å². The van der Waals surface area contributed by atoms with Crippen molar-refractivity contribution in [3.05, 3.63) is 29.8 Å². The third-order valence-electron chi connectivity index (χ3n) is 4.06. The van der Waals surface area contributed by atoms with E-state index in [0.29, 0.717) is 29.0 Å². The summed E-state index contributed by atoms with van der Waals surface area (Å²) in [6, 6.07) is 6.96. The molecule has 0 aromatic heterocycles. The summed E-state index contributed by atoms with van der Waals surface area (Å²) in [6.07, 6.45) is 1.14. The van der Waals surface area contributed by atoms with Crippen LogP contribution in [-0.4, -0.2) is 43.2 Å². The average molecular weight is 326 g/mol. The van der Waals surface area contributed by atoms with Crippen molar-refractivity contribution in [1.82, 2.24) is 4.90 Å². The van der Waals surface area contributed by atoms with E-state index < -0.39 is 9.84 Å². The molecule has 6 heteroatoms. The molecule has 2 atom stereocenters. The lowest BCUT2D eigenvalue weighted by Crippen LogP contribution is -2.32. The van der Waals surface area contributed by atoms with Gasteiger partial charge in [0.1, 0.15) is 4.99 Å². The molecule has 1 heterocycles. The fraction of sp³-hybridized carbons (Fsp3) is 0.533. The highest BCUT2D eigenvalue weighted by Gasteiger charge is 2.27. The summed E-state index contributed by atoms with van der Waals surface area (Å²) in [6.45, 7) is 5.94. The summed E-state index contributed by atoms with van der Waals surface area (Å²) in [7, 11) is -3.26. The molecule has 0 spiro atoms. The number of nitrogens with zero attached hydrogens (tertiary/aromatic N) is 1. The van der Waals surface area contributed by atoms with Crippen molar-refractivity contribution in [3.8, 4) is 0 Å². The van der Waals surface area contributed by atoms with E-state index >= 15 is 0 Å². The number of likely N-dealkylation sites (tertiary alicyclic amines) is 1. The Labute approximate surface area is 132 Å². The molecule has 116 valence electrons. The number of thiocarbonyl (C=S) groups is 1. The number of hydrogen-bond donors (Lipinski definition) is 1. The van der Waals surface area contributed by atoms with Gasteiger partial charge in [-0.2, -0.15) is 0 Å². The molecule has 1 aromatic carbocycles. The molecule has 0 amide bonds. The molecule has 1 aromatic rings. The van der Waals surface area contributed by atoms with Crippen molar-refractivity contribution in [2.24, 2.45) is 11.7 Å². The van der Waals surface area contributed by atoms with E-state index in [2.05, 4.69) is 18.7 Å². The van der Waals surface area contributed by atoms with Crippen LogP contribution >= 0.6 is 12.2 Å². The Morgan fingerprint density at radius 2 is 1.95 bits per heavy atom. The van der Waals surface area contributed by atoms with Crippen molar-refractivity contribution in [2.75, 3.05) is 18.8 Å². The first kappa shape index (κ1) is 16.4. The second-order valence-corrected chi connectivity index (χ2v) is 8.44. The van der Waals surface area contributed by atoms with Gasteiger partial charge >= 0.3 is 0 Å². The zero-order chi connectivity index (χ0) is 15.6. The van der Waals surface area contributed by atoms with Gasteiger partial charge in [0.25, 0.3) is 0 Å². The van der Waals surface area contributed by atoms with E-state index in [1.165, 1.54) is 0 Å². The summed E-state index contributed by atoms with van der Waals surface area (Å²) in [5.41, 5.74) is 6.20. The monoisotopic (exact) mass is 326 g/mol. The summed E-state index contributed by atoms with van der Waals surface area (Å²) in [5.74, 6) is 0.795. The molecular weight excluding hydrogens is 304 g/mol. The largest absolute Gasteiger partial charge is 0.389 e. The summed E-state index contributed by atoms with van der Waals surface area (Å²) in [5, 5.41) is 0. The zero-order valence-electron chi connectivity index (χ0n) is 12.5. The second-order valence-electron chi connectivity index (χ2n) is 5.89. The molecule has 2 rings (SSSR count). The molecule has 0 radical (unpaired) electrons. The van der Waals surface area contributed by atoms with Gasteiger partial charge in [0.2, 0.25) is 0 Å². The topological polar surface area (TPSA) is 63.4 Å². The van der Waals surface area contributed by atoms with Crippen LogP contribution in [-0.2, 0) is 9.84 Å². The standard InChI is InChI=1S/C15H22N2O2S2/c1-11-9-12(2)17(10-11)7-8-21(18,19)14-5-3-13(4-6-14)15(16)20/h3-6,11-12H,7-10H2,1-2H3,(H2,16,20). The molecule has 0 saturated carbocycles. The molecule has 1 saturated heterocycles. The molecule has 0 aliphatic carbocycles. The highest BCUT2D eigenvalue weighted by Crippen LogP contribution is 2.22. The van der Waals surface area contributed by atoms with Crippen molar-refractivity contribution < 1.29 is 8.42 Å². The maximum atomic E-state index is 12.4. The Morgan fingerprint density at radius 3 is 2.43 bits per heavy atom. The Balaban J connectivity index is 2.03. The van der Waals surface area contributed by atoms with Gasteiger partial charge in [-0.3, -0.25) is 4.90 Å². The first-order chi connectivity index (χ1) is 9.79. The summed E-state index contributed by atoms with van der Waals surface area (Å²) < 4.78 is 24.7. The number of benzene rings is 1. The van der Waals surface area contributed by atoms with Gasteiger partial charge in [0.05, 0.1) is 10.6 Å². The van der Waals surface area contributed by atoms with E-state index in [0.717, 1.165) is 13.0 Å². The van der Waals surface area contributed by atoms with Crippen molar-refractivity contribution in [1.29, 1.82) is 0 Å². The van der Waals surface area contributed by atoms with Gasteiger partial charge < -0.3 is 5.73 Å². The highest BCUT2D eigenvalue weighted by molar-refractivity contribution is 7.91. The second kappa shape index (κ2) is 6.42. The normalized spacial score (nSPS) is 23.3. The van der Waals surface area contributed by atoms with E-state index in [-0.39, 0.29) is 10.7 Å². The minimum absolute atomic E-state index is 0.149. The SMILES string of the molecule is CC1CC(C)N(CCS(=O)(=O)c2ccc(C(N)=S)cc2)C1. The number of sulfone groups is 1. The van der Waals surface area contributed by atoms with E-state index in [1.807, 2.05) is 0 Å². The fourth-order valence-corrected chi connectivity index (χ4v) is 4.28. The van der Waals surface area contributed by atoms with Crippen LogP contribution in [0.15, 0.2) is 29.2 Å². The Morgan fingerprint density at radius 1 is 1.33 bits per heavy atom. The maximum absolute atomic E-state index is 12.4. The van der Waals surface area contributed by atoms with Crippen LogP contribution in [0.1, 0.15) is 25.8 Å². The van der Waals surface area contributed by atoms with E-state index in [4.69, 9.17) is 18.0 Å². The van der Waals surface area contributed by atoms with Crippen LogP contribution in [0.2, 0.25) is 0 Å².